The molecule has 0 radical (unpaired) electrons. The lowest BCUT2D eigenvalue weighted by molar-refractivity contribution is 0.271. The predicted molar refractivity (Wildman–Crippen MR) is 80.4 cm³/mol. The van der Waals surface area contributed by atoms with Crippen LogP contribution in [0, 0.1) is 5.92 Å². The van der Waals surface area contributed by atoms with Gasteiger partial charge in [0.2, 0.25) is 0 Å². The Balaban J connectivity index is 2.43. The molecule has 0 fully saturated rings. The van der Waals surface area contributed by atoms with Crippen LogP contribution in [-0.4, -0.2) is 19.1 Å². The van der Waals surface area contributed by atoms with Crippen molar-refractivity contribution in [2.24, 2.45) is 16.6 Å². The highest BCUT2D eigenvalue weighted by atomic mass is 16.5. The van der Waals surface area contributed by atoms with Gasteiger partial charge in [-0.3, -0.25) is 0 Å². The summed E-state index contributed by atoms with van der Waals surface area (Å²) in [5, 5.41) is 3.05. The number of hydrogen-bond acceptors (Lipinski definition) is 2. The molecule has 0 amide bonds. The Morgan fingerprint density at radius 2 is 2.00 bits per heavy atom. The fourth-order valence-electron chi connectivity index (χ4n) is 1.44. The molecule has 1 aromatic carbocycles. The average Bonchev–Trinajstić information content (AvgIpc) is 2.41. The van der Waals surface area contributed by atoms with E-state index < -0.39 is 0 Å². The Labute approximate surface area is 116 Å². The first kappa shape index (κ1) is 15.3. The summed E-state index contributed by atoms with van der Waals surface area (Å²) in [7, 11) is 0. The highest BCUT2D eigenvalue weighted by Gasteiger charge is 1.98. The summed E-state index contributed by atoms with van der Waals surface area (Å²) in [4.78, 5) is 4.28. The Bertz CT molecular complexity index is 385. The van der Waals surface area contributed by atoms with Gasteiger partial charge in [0.25, 0.3) is 0 Å². The van der Waals surface area contributed by atoms with Gasteiger partial charge in [-0.2, -0.15) is 0 Å². The number of aliphatic imine (C=N–C) groups is 1. The van der Waals surface area contributed by atoms with Gasteiger partial charge in [-0.1, -0.05) is 32.9 Å². The van der Waals surface area contributed by atoms with Gasteiger partial charge in [-0.05, 0) is 30.0 Å². The van der Waals surface area contributed by atoms with Crippen LogP contribution in [0.2, 0.25) is 0 Å². The molecule has 0 spiro atoms. The molecule has 1 rings (SSSR count). The topological polar surface area (TPSA) is 59.6 Å². The maximum atomic E-state index is 5.73. The van der Waals surface area contributed by atoms with E-state index in [-0.39, 0.29) is 0 Å². The van der Waals surface area contributed by atoms with Crippen molar-refractivity contribution in [2.75, 3.05) is 13.2 Å². The van der Waals surface area contributed by atoms with Crippen molar-refractivity contribution < 1.29 is 4.74 Å². The second-order valence-corrected chi connectivity index (χ2v) is 4.98. The minimum Gasteiger partial charge on any atom is -0.493 e. The van der Waals surface area contributed by atoms with Crippen LogP contribution >= 0.6 is 0 Å². The molecule has 0 saturated carbocycles. The van der Waals surface area contributed by atoms with Gasteiger partial charge in [0, 0.05) is 6.54 Å². The summed E-state index contributed by atoms with van der Waals surface area (Å²) in [6, 6.07) is 7.99. The van der Waals surface area contributed by atoms with Gasteiger partial charge in [-0.25, -0.2) is 4.99 Å². The predicted octanol–water partition coefficient (Wildman–Crippen LogP) is 2.54. The summed E-state index contributed by atoms with van der Waals surface area (Å²) in [6.45, 7) is 8.55. The van der Waals surface area contributed by atoms with E-state index in [0.717, 1.165) is 30.9 Å². The molecule has 0 aliphatic carbocycles. The number of ether oxygens (including phenoxy) is 1. The van der Waals surface area contributed by atoms with Gasteiger partial charge in [-0.15, -0.1) is 0 Å². The van der Waals surface area contributed by atoms with E-state index in [1.165, 1.54) is 0 Å². The van der Waals surface area contributed by atoms with Crippen LogP contribution in [0.25, 0.3) is 0 Å². The van der Waals surface area contributed by atoms with E-state index in [9.17, 15) is 0 Å². The van der Waals surface area contributed by atoms with Gasteiger partial charge in [0.1, 0.15) is 5.75 Å². The van der Waals surface area contributed by atoms with Crippen molar-refractivity contribution in [3.8, 4) is 5.75 Å². The van der Waals surface area contributed by atoms with Crippen LogP contribution < -0.4 is 15.8 Å². The summed E-state index contributed by atoms with van der Waals surface area (Å²) in [5.41, 5.74) is 6.86. The summed E-state index contributed by atoms with van der Waals surface area (Å²) in [6.07, 6.45) is 1.04. The Morgan fingerprint density at radius 3 is 2.58 bits per heavy atom. The number of nitrogens with zero attached hydrogens (tertiary/aromatic N) is 1. The van der Waals surface area contributed by atoms with Crippen LogP contribution in [0.4, 0.5) is 0 Å². The molecule has 3 N–H and O–H groups in total. The van der Waals surface area contributed by atoms with Crippen molar-refractivity contribution in [3.05, 3.63) is 29.8 Å². The Hall–Kier alpha value is -1.71. The molecule has 0 aromatic heterocycles. The first-order valence-electron chi connectivity index (χ1n) is 6.87. The van der Waals surface area contributed by atoms with Gasteiger partial charge < -0.3 is 15.8 Å². The molecule has 0 heterocycles. The van der Waals surface area contributed by atoms with E-state index in [1.54, 1.807) is 0 Å². The molecule has 0 atom stereocenters. The first-order valence-corrected chi connectivity index (χ1v) is 6.87. The Morgan fingerprint density at radius 1 is 1.32 bits per heavy atom. The fourth-order valence-corrected chi connectivity index (χ4v) is 1.44. The number of benzene rings is 1. The molecule has 0 unspecified atom stereocenters. The zero-order valence-corrected chi connectivity index (χ0v) is 12.1. The smallest absolute Gasteiger partial charge is 0.188 e. The molecule has 0 aliphatic rings. The zero-order chi connectivity index (χ0) is 14.1. The van der Waals surface area contributed by atoms with Gasteiger partial charge >= 0.3 is 0 Å². The van der Waals surface area contributed by atoms with E-state index >= 15 is 0 Å². The molecule has 0 saturated heterocycles. The number of rotatable bonds is 7. The lowest BCUT2D eigenvalue weighted by atomic mass is 10.2. The molecule has 4 nitrogen and oxygen atoms in total. The average molecular weight is 263 g/mol. The SMILES string of the molecule is CCCNC(N)=NCc1ccc(OCC(C)C)cc1. The summed E-state index contributed by atoms with van der Waals surface area (Å²) in [5.74, 6) is 1.94. The second-order valence-electron chi connectivity index (χ2n) is 4.98. The quantitative estimate of drug-likeness (QED) is 0.587. The maximum Gasteiger partial charge on any atom is 0.188 e. The van der Waals surface area contributed by atoms with E-state index in [0.29, 0.717) is 18.4 Å². The normalized spacial score (nSPS) is 11.7. The number of hydrogen-bond donors (Lipinski definition) is 2. The molecule has 4 heteroatoms. The molecule has 1 aromatic rings. The van der Waals surface area contributed by atoms with Crippen molar-refractivity contribution in [1.29, 1.82) is 0 Å². The third kappa shape index (κ3) is 6.70. The van der Waals surface area contributed by atoms with Crippen LogP contribution in [0.5, 0.6) is 5.75 Å². The van der Waals surface area contributed by atoms with E-state index in [1.807, 2.05) is 24.3 Å². The maximum absolute atomic E-state index is 5.73. The van der Waals surface area contributed by atoms with E-state index in [4.69, 9.17) is 10.5 Å². The van der Waals surface area contributed by atoms with Crippen LogP contribution in [0.1, 0.15) is 32.8 Å². The van der Waals surface area contributed by atoms with Crippen LogP contribution in [0.15, 0.2) is 29.3 Å². The molecule has 0 bridgehead atoms. The highest BCUT2D eigenvalue weighted by Crippen LogP contribution is 2.13. The van der Waals surface area contributed by atoms with Gasteiger partial charge in [0.05, 0.1) is 13.2 Å². The number of nitrogens with one attached hydrogen (secondary N) is 1. The van der Waals surface area contributed by atoms with Crippen molar-refractivity contribution in [2.45, 2.75) is 33.7 Å². The zero-order valence-electron chi connectivity index (χ0n) is 12.1. The van der Waals surface area contributed by atoms with Gasteiger partial charge in [0.15, 0.2) is 5.96 Å². The van der Waals surface area contributed by atoms with Crippen LogP contribution in [-0.2, 0) is 6.54 Å². The lowest BCUT2D eigenvalue weighted by Gasteiger charge is -2.09. The largest absolute Gasteiger partial charge is 0.493 e. The molecular weight excluding hydrogens is 238 g/mol. The van der Waals surface area contributed by atoms with Crippen molar-refractivity contribution in [1.82, 2.24) is 5.32 Å². The highest BCUT2D eigenvalue weighted by molar-refractivity contribution is 5.77. The monoisotopic (exact) mass is 263 g/mol. The third-order valence-corrected chi connectivity index (χ3v) is 2.49. The molecule has 0 aliphatic heterocycles. The Kier molecular flexibility index (Phi) is 6.79. The second kappa shape index (κ2) is 8.40. The van der Waals surface area contributed by atoms with Crippen LogP contribution in [0.3, 0.4) is 0 Å². The molecule has 19 heavy (non-hydrogen) atoms. The van der Waals surface area contributed by atoms with E-state index in [2.05, 4.69) is 31.1 Å². The number of nitrogens with two attached hydrogens (primary N) is 1. The molecular formula is C15H25N3O. The minimum absolute atomic E-state index is 0.502. The molecule has 106 valence electrons. The van der Waals surface area contributed by atoms with Crippen molar-refractivity contribution >= 4 is 5.96 Å². The standard InChI is InChI=1S/C15H25N3O/c1-4-9-17-15(16)18-10-13-5-7-14(8-6-13)19-11-12(2)3/h5-8,12H,4,9-11H2,1-3H3,(H3,16,17,18). The number of guanidine groups is 1. The minimum atomic E-state index is 0.502. The summed E-state index contributed by atoms with van der Waals surface area (Å²) >= 11 is 0. The first-order chi connectivity index (χ1) is 9.11. The summed E-state index contributed by atoms with van der Waals surface area (Å²) < 4.78 is 5.63. The fraction of sp³-hybridized carbons (Fsp3) is 0.533. The van der Waals surface area contributed by atoms with Crippen molar-refractivity contribution in [3.63, 3.8) is 0 Å². The lowest BCUT2D eigenvalue weighted by Crippen LogP contribution is -2.32. The third-order valence-electron chi connectivity index (χ3n) is 2.49.